The summed E-state index contributed by atoms with van der Waals surface area (Å²) in [7, 11) is 0. The van der Waals surface area contributed by atoms with Crippen LogP contribution in [0.2, 0.25) is 0 Å². The number of nitrogens with one attached hydrogen (secondary N) is 2. The molecule has 0 atom stereocenters. The van der Waals surface area contributed by atoms with Crippen LogP contribution in [0.1, 0.15) is 24.0 Å². The van der Waals surface area contributed by atoms with Gasteiger partial charge in [-0.2, -0.15) is 0 Å². The van der Waals surface area contributed by atoms with E-state index in [1.807, 2.05) is 42.5 Å². The van der Waals surface area contributed by atoms with Crippen LogP contribution in [-0.2, 0) is 13.2 Å². The summed E-state index contributed by atoms with van der Waals surface area (Å²) in [5, 5.41) is 15.2. The minimum atomic E-state index is -0.163. The summed E-state index contributed by atoms with van der Waals surface area (Å²) >= 11 is 0. The summed E-state index contributed by atoms with van der Waals surface area (Å²) in [6.45, 7) is 2.16. The third kappa shape index (κ3) is 4.70. The molecule has 1 saturated heterocycles. The maximum absolute atomic E-state index is 12.1. The fraction of sp³-hybridized carbons (Fsp3) is 0.368. The third-order valence-electron chi connectivity index (χ3n) is 4.53. The molecule has 0 bridgehead atoms. The molecule has 0 radical (unpaired) electrons. The summed E-state index contributed by atoms with van der Waals surface area (Å²) in [6, 6.07) is 13.5. The van der Waals surface area contributed by atoms with E-state index < -0.39 is 0 Å². The molecule has 3 N–H and O–H groups in total. The molecule has 3 rings (SSSR count). The van der Waals surface area contributed by atoms with E-state index in [9.17, 15) is 9.90 Å². The predicted octanol–water partition coefficient (Wildman–Crippen LogP) is 2.04. The highest BCUT2D eigenvalue weighted by molar-refractivity contribution is 5.74. The van der Waals surface area contributed by atoms with Crippen molar-refractivity contribution >= 4 is 11.8 Å². The van der Waals surface area contributed by atoms with Gasteiger partial charge in [0.2, 0.25) is 0 Å². The standard InChI is InChI=1S/C19H24N4O2/c24-14-16-6-2-1-5-15(16)13-21-19(25)22-17-8-11-23(12-9-17)18-7-3-4-10-20-18/h1-7,10,17,24H,8-9,11-14H2,(H2,21,22,25). The van der Waals surface area contributed by atoms with Crippen molar-refractivity contribution in [3.05, 3.63) is 59.8 Å². The number of hydrogen-bond donors (Lipinski definition) is 3. The molecule has 0 unspecified atom stereocenters. The van der Waals surface area contributed by atoms with E-state index >= 15 is 0 Å². The smallest absolute Gasteiger partial charge is 0.315 e. The second-order valence-corrected chi connectivity index (χ2v) is 6.20. The second kappa shape index (κ2) is 8.48. The van der Waals surface area contributed by atoms with E-state index in [0.29, 0.717) is 6.54 Å². The van der Waals surface area contributed by atoms with Crippen molar-refractivity contribution in [1.29, 1.82) is 0 Å². The van der Waals surface area contributed by atoms with Crippen LogP contribution >= 0.6 is 0 Å². The normalized spacial score (nSPS) is 15.0. The molecule has 2 amide bonds. The van der Waals surface area contributed by atoms with E-state index in [1.165, 1.54) is 0 Å². The summed E-state index contributed by atoms with van der Waals surface area (Å²) < 4.78 is 0. The minimum absolute atomic E-state index is 0.0224. The van der Waals surface area contributed by atoms with Gasteiger partial charge in [-0.3, -0.25) is 0 Å². The monoisotopic (exact) mass is 340 g/mol. The Morgan fingerprint density at radius 1 is 1.12 bits per heavy atom. The Morgan fingerprint density at radius 3 is 2.52 bits per heavy atom. The molecule has 1 aromatic heterocycles. The van der Waals surface area contributed by atoms with Gasteiger partial charge in [0, 0.05) is 31.9 Å². The molecule has 6 nitrogen and oxygen atoms in total. The molecule has 0 aliphatic carbocycles. The van der Waals surface area contributed by atoms with Gasteiger partial charge in [-0.1, -0.05) is 30.3 Å². The maximum Gasteiger partial charge on any atom is 0.315 e. The topological polar surface area (TPSA) is 77.5 Å². The number of benzene rings is 1. The van der Waals surface area contributed by atoms with E-state index in [-0.39, 0.29) is 18.7 Å². The van der Waals surface area contributed by atoms with Crippen LogP contribution in [0, 0.1) is 0 Å². The summed E-state index contributed by atoms with van der Waals surface area (Å²) in [4.78, 5) is 18.7. The van der Waals surface area contributed by atoms with E-state index in [1.54, 1.807) is 6.20 Å². The van der Waals surface area contributed by atoms with Gasteiger partial charge in [0.1, 0.15) is 5.82 Å². The highest BCUT2D eigenvalue weighted by Crippen LogP contribution is 2.17. The van der Waals surface area contributed by atoms with Crippen LogP contribution in [0.25, 0.3) is 0 Å². The summed E-state index contributed by atoms with van der Waals surface area (Å²) in [6.07, 6.45) is 3.60. The number of nitrogens with zero attached hydrogens (tertiary/aromatic N) is 2. The number of aromatic nitrogens is 1. The number of carbonyl (C=O) groups excluding carboxylic acids is 1. The van der Waals surface area contributed by atoms with Gasteiger partial charge in [0.15, 0.2) is 0 Å². The van der Waals surface area contributed by atoms with Crippen molar-refractivity contribution in [2.45, 2.75) is 32.0 Å². The third-order valence-corrected chi connectivity index (χ3v) is 4.53. The molecule has 6 heteroatoms. The lowest BCUT2D eigenvalue weighted by molar-refractivity contribution is 0.233. The van der Waals surface area contributed by atoms with Gasteiger partial charge < -0.3 is 20.6 Å². The average molecular weight is 340 g/mol. The molecular formula is C19H24N4O2. The molecule has 1 aliphatic rings. The zero-order chi connectivity index (χ0) is 17.5. The molecule has 2 aromatic rings. The van der Waals surface area contributed by atoms with Gasteiger partial charge in [-0.25, -0.2) is 9.78 Å². The Kier molecular flexibility index (Phi) is 5.85. The molecule has 0 spiro atoms. The zero-order valence-corrected chi connectivity index (χ0v) is 14.2. The Hall–Kier alpha value is -2.60. The highest BCUT2D eigenvalue weighted by atomic mass is 16.3. The lowest BCUT2D eigenvalue weighted by Crippen LogP contribution is -2.48. The van der Waals surface area contributed by atoms with Crippen LogP contribution in [0.4, 0.5) is 10.6 Å². The number of pyridine rings is 1. The number of aliphatic hydroxyl groups is 1. The number of piperidine rings is 1. The Labute approximate surface area is 147 Å². The lowest BCUT2D eigenvalue weighted by atomic mass is 10.1. The van der Waals surface area contributed by atoms with Crippen molar-refractivity contribution < 1.29 is 9.90 Å². The summed E-state index contributed by atoms with van der Waals surface area (Å²) in [5.41, 5.74) is 1.77. The Balaban J connectivity index is 1.43. The molecule has 25 heavy (non-hydrogen) atoms. The highest BCUT2D eigenvalue weighted by Gasteiger charge is 2.21. The van der Waals surface area contributed by atoms with Crippen LogP contribution in [-0.4, -0.2) is 35.3 Å². The van der Waals surface area contributed by atoms with Crippen molar-refractivity contribution in [3.63, 3.8) is 0 Å². The van der Waals surface area contributed by atoms with Crippen molar-refractivity contribution in [2.75, 3.05) is 18.0 Å². The van der Waals surface area contributed by atoms with Crippen molar-refractivity contribution in [3.8, 4) is 0 Å². The predicted molar refractivity (Wildman–Crippen MR) is 97.2 cm³/mol. The maximum atomic E-state index is 12.1. The fourth-order valence-corrected chi connectivity index (χ4v) is 3.09. The van der Waals surface area contributed by atoms with E-state index in [4.69, 9.17) is 0 Å². The van der Waals surface area contributed by atoms with Crippen LogP contribution in [0.15, 0.2) is 48.7 Å². The number of amides is 2. The van der Waals surface area contributed by atoms with Gasteiger partial charge in [-0.05, 0) is 36.1 Å². The van der Waals surface area contributed by atoms with Crippen LogP contribution in [0.5, 0.6) is 0 Å². The molecule has 132 valence electrons. The molecule has 2 heterocycles. The molecular weight excluding hydrogens is 316 g/mol. The first kappa shape index (κ1) is 17.2. The lowest BCUT2D eigenvalue weighted by Gasteiger charge is -2.33. The van der Waals surface area contributed by atoms with Crippen LogP contribution in [0.3, 0.4) is 0 Å². The van der Waals surface area contributed by atoms with Crippen molar-refractivity contribution in [2.24, 2.45) is 0 Å². The summed E-state index contributed by atoms with van der Waals surface area (Å²) in [5.74, 6) is 0.992. The first-order valence-electron chi connectivity index (χ1n) is 8.64. The SMILES string of the molecule is O=C(NCc1ccccc1CO)NC1CCN(c2ccccn2)CC1. The average Bonchev–Trinajstić information content (AvgIpc) is 2.68. The Morgan fingerprint density at radius 2 is 1.84 bits per heavy atom. The number of rotatable bonds is 5. The molecule has 1 fully saturated rings. The largest absolute Gasteiger partial charge is 0.392 e. The number of urea groups is 1. The minimum Gasteiger partial charge on any atom is -0.392 e. The van der Waals surface area contributed by atoms with E-state index in [0.717, 1.165) is 42.9 Å². The van der Waals surface area contributed by atoms with Gasteiger partial charge in [0.25, 0.3) is 0 Å². The number of anilines is 1. The van der Waals surface area contributed by atoms with Crippen LogP contribution < -0.4 is 15.5 Å². The van der Waals surface area contributed by atoms with Crippen molar-refractivity contribution in [1.82, 2.24) is 15.6 Å². The van der Waals surface area contributed by atoms with Gasteiger partial charge in [0.05, 0.1) is 6.61 Å². The quantitative estimate of drug-likeness (QED) is 0.778. The Bertz CT molecular complexity index is 685. The van der Waals surface area contributed by atoms with E-state index in [2.05, 4.69) is 20.5 Å². The number of carbonyl (C=O) groups is 1. The first-order chi connectivity index (χ1) is 12.3. The van der Waals surface area contributed by atoms with Gasteiger partial charge in [-0.15, -0.1) is 0 Å². The second-order valence-electron chi connectivity index (χ2n) is 6.20. The van der Waals surface area contributed by atoms with Gasteiger partial charge >= 0.3 is 6.03 Å². The molecule has 0 saturated carbocycles. The molecule has 1 aromatic carbocycles. The number of hydrogen-bond acceptors (Lipinski definition) is 4. The number of aliphatic hydroxyl groups excluding tert-OH is 1. The fourth-order valence-electron chi connectivity index (χ4n) is 3.09. The first-order valence-corrected chi connectivity index (χ1v) is 8.64. The molecule has 1 aliphatic heterocycles. The zero-order valence-electron chi connectivity index (χ0n) is 14.2.